The van der Waals surface area contributed by atoms with Crippen LogP contribution in [-0.4, -0.2) is 0 Å². The molecule has 0 aromatic carbocycles. The maximum absolute atomic E-state index is 2.70. The molecule has 0 rings (SSSR count). The molecular weight excluding hydrogens is 228 g/mol. The first kappa shape index (κ1) is 19.0. The summed E-state index contributed by atoms with van der Waals surface area (Å²) in [4.78, 5) is 0. The standard InChI is InChI=1S/C19H39/c1-5-9-11-12-13-14-16-19(8-4)17-18(7-3)15-10-6-2/h17-19H,5-16H2,1-4H3. The fourth-order valence-corrected chi connectivity index (χ4v) is 2.91. The fourth-order valence-electron chi connectivity index (χ4n) is 2.91. The van der Waals surface area contributed by atoms with E-state index in [2.05, 4.69) is 34.1 Å². The van der Waals surface area contributed by atoms with Crippen molar-refractivity contribution in [1.29, 1.82) is 0 Å². The number of hydrogen-bond donors (Lipinski definition) is 0. The third-order valence-corrected chi connectivity index (χ3v) is 4.45. The summed E-state index contributed by atoms with van der Waals surface area (Å²) in [6, 6.07) is 0. The van der Waals surface area contributed by atoms with Crippen molar-refractivity contribution < 1.29 is 0 Å². The van der Waals surface area contributed by atoms with E-state index in [1.54, 1.807) is 0 Å². The van der Waals surface area contributed by atoms with E-state index in [9.17, 15) is 0 Å². The zero-order chi connectivity index (χ0) is 14.3. The molecule has 0 aromatic heterocycles. The summed E-state index contributed by atoms with van der Waals surface area (Å²) in [6.07, 6.45) is 19.6. The van der Waals surface area contributed by atoms with Gasteiger partial charge >= 0.3 is 0 Å². The van der Waals surface area contributed by atoms with Crippen molar-refractivity contribution in [3.63, 3.8) is 0 Å². The summed E-state index contributed by atoms with van der Waals surface area (Å²) in [6.45, 7) is 9.32. The van der Waals surface area contributed by atoms with Gasteiger partial charge in [0, 0.05) is 0 Å². The maximum Gasteiger partial charge on any atom is -0.0324 e. The molecule has 0 bridgehead atoms. The first-order chi connectivity index (χ1) is 9.28. The fraction of sp³-hybridized carbons (Fsp3) is 0.947. The van der Waals surface area contributed by atoms with Gasteiger partial charge in [-0.05, 0) is 18.3 Å². The van der Waals surface area contributed by atoms with E-state index < -0.39 is 0 Å². The molecule has 0 spiro atoms. The van der Waals surface area contributed by atoms with Crippen LogP contribution in [0.5, 0.6) is 0 Å². The molecule has 0 aliphatic carbocycles. The van der Waals surface area contributed by atoms with Gasteiger partial charge in [0.2, 0.25) is 0 Å². The SMILES string of the molecule is CCCCCCCCC([CH]C(CC)CCCC)CC. The zero-order valence-corrected chi connectivity index (χ0v) is 14.2. The minimum atomic E-state index is 0.880. The van der Waals surface area contributed by atoms with Crippen LogP contribution >= 0.6 is 0 Å². The quantitative estimate of drug-likeness (QED) is 0.292. The van der Waals surface area contributed by atoms with Crippen molar-refractivity contribution in [2.75, 3.05) is 0 Å². The molecule has 19 heavy (non-hydrogen) atoms. The summed E-state index contributed by atoms with van der Waals surface area (Å²) in [5.74, 6) is 1.76. The van der Waals surface area contributed by atoms with Crippen LogP contribution in [0, 0.1) is 18.3 Å². The lowest BCUT2D eigenvalue weighted by Gasteiger charge is -2.21. The molecule has 0 amide bonds. The Morgan fingerprint density at radius 1 is 0.579 bits per heavy atom. The van der Waals surface area contributed by atoms with Crippen molar-refractivity contribution >= 4 is 0 Å². The highest BCUT2D eigenvalue weighted by molar-refractivity contribution is 4.82. The largest absolute Gasteiger partial charge is 0.0654 e. The smallest absolute Gasteiger partial charge is 0.0324 e. The highest BCUT2D eigenvalue weighted by Gasteiger charge is 2.13. The minimum absolute atomic E-state index is 0.880. The van der Waals surface area contributed by atoms with E-state index in [0.717, 1.165) is 11.8 Å². The molecule has 2 atom stereocenters. The Morgan fingerprint density at radius 2 is 1.05 bits per heavy atom. The second kappa shape index (κ2) is 14.4. The molecule has 1 radical (unpaired) electrons. The van der Waals surface area contributed by atoms with Crippen molar-refractivity contribution in [3.8, 4) is 0 Å². The third kappa shape index (κ3) is 11.5. The van der Waals surface area contributed by atoms with Gasteiger partial charge in [-0.25, -0.2) is 0 Å². The van der Waals surface area contributed by atoms with Gasteiger partial charge in [0.15, 0.2) is 0 Å². The minimum Gasteiger partial charge on any atom is -0.0654 e. The Kier molecular flexibility index (Phi) is 14.4. The van der Waals surface area contributed by atoms with E-state index >= 15 is 0 Å². The average molecular weight is 268 g/mol. The average Bonchev–Trinajstić information content (AvgIpc) is 2.44. The first-order valence-corrected chi connectivity index (χ1v) is 9.13. The van der Waals surface area contributed by atoms with Crippen molar-refractivity contribution in [2.45, 2.75) is 105 Å². The zero-order valence-electron chi connectivity index (χ0n) is 14.2. The highest BCUT2D eigenvalue weighted by atomic mass is 14.2. The van der Waals surface area contributed by atoms with Crippen LogP contribution in [0.25, 0.3) is 0 Å². The molecule has 0 saturated heterocycles. The summed E-state index contributed by atoms with van der Waals surface area (Å²) >= 11 is 0. The molecule has 0 N–H and O–H groups in total. The predicted octanol–water partition coefficient (Wildman–Crippen LogP) is 7.18. The monoisotopic (exact) mass is 267 g/mol. The van der Waals surface area contributed by atoms with Crippen LogP contribution in [-0.2, 0) is 0 Å². The summed E-state index contributed by atoms with van der Waals surface area (Å²) in [7, 11) is 0. The first-order valence-electron chi connectivity index (χ1n) is 9.13. The number of hydrogen-bond acceptors (Lipinski definition) is 0. The Balaban J connectivity index is 3.67. The topological polar surface area (TPSA) is 0 Å². The summed E-state index contributed by atoms with van der Waals surface area (Å²) in [5, 5.41) is 0. The third-order valence-electron chi connectivity index (χ3n) is 4.45. The molecule has 0 heterocycles. The van der Waals surface area contributed by atoms with Crippen LogP contribution < -0.4 is 0 Å². The van der Waals surface area contributed by atoms with Crippen LogP contribution in [0.2, 0.25) is 0 Å². The van der Waals surface area contributed by atoms with Crippen molar-refractivity contribution in [3.05, 3.63) is 6.42 Å². The van der Waals surface area contributed by atoms with Crippen LogP contribution in [0.1, 0.15) is 105 Å². The highest BCUT2D eigenvalue weighted by Crippen LogP contribution is 2.26. The van der Waals surface area contributed by atoms with Gasteiger partial charge in [-0.15, -0.1) is 0 Å². The molecule has 2 unspecified atom stereocenters. The summed E-state index contributed by atoms with van der Waals surface area (Å²) in [5.41, 5.74) is 0. The lowest BCUT2D eigenvalue weighted by molar-refractivity contribution is 0.402. The van der Waals surface area contributed by atoms with E-state index in [1.165, 1.54) is 77.0 Å². The second-order valence-electron chi connectivity index (χ2n) is 6.23. The molecule has 115 valence electrons. The van der Waals surface area contributed by atoms with Crippen LogP contribution in [0.15, 0.2) is 0 Å². The van der Waals surface area contributed by atoms with Gasteiger partial charge in [-0.3, -0.25) is 0 Å². The molecule has 0 aliphatic rings. The molecular formula is C19H39. The maximum atomic E-state index is 2.70. The molecule has 0 heteroatoms. The van der Waals surface area contributed by atoms with E-state index in [0.29, 0.717) is 0 Å². The van der Waals surface area contributed by atoms with Gasteiger partial charge in [0.1, 0.15) is 0 Å². The lowest BCUT2D eigenvalue weighted by atomic mass is 9.84. The second-order valence-corrected chi connectivity index (χ2v) is 6.23. The van der Waals surface area contributed by atoms with Gasteiger partial charge in [0.05, 0.1) is 0 Å². The number of unbranched alkanes of at least 4 members (excludes halogenated alkanes) is 6. The van der Waals surface area contributed by atoms with Crippen molar-refractivity contribution in [2.24, 2.45) is 11.8 Å². The molecule has 0 aliphatic heterocycles. The normalized spacial score (nSPS) is 14.5. The van der Waals surface area contributed by atoms with E-state index in [4.69, 9.17) is 0 Å². The predicted molar refractivity (Wildman–Crippen MR) is 89.4 cm³/mol. The van der Waals surface area contributed by atoms with Gasteiger partial charge < -0.3 is 0 Å². The Bertz CT molecular complexity index is 161. The van der Waals surface area contributed by atoms with Gasteiger partial charge in [0.25, 0.3) is 0 Å². The van der Waals surface area contributed by atoms with Crippen molar-refractivity contribution in [1.82, 2.24) is 0 Å². The van der Waals surface area contributed by atoms with E-state index in [-0.39, 0.29) is 0 Å². The molecule has 0 aromatic rings. The Labute approximate surface area is 123 Å². The Hall–Kier alpha value is 0. The van der Waals surface area contributed by atoms with Crippen LogP contribution in [0.3, 0.4) is 0 Å². The molecule has 0 saturated carbocycles. The lowest BCUT2D eigenvalue weighted by Crippen LogP contribution is -2.09. The van der Waals surface area contributed by atoms with Gasteiger partial charge in [-0.1, -0.05) is 105 Å². The molecule has 0 fully saturated rings. The van der Waals surface area contributed by atoms with Gasteiger partial charge in [-0.2, -0.15) is 0 Å². The Morgan fingerprint density at radius 3 is 1.58 bits per heavy atom. The summed E-state index contributed by atoms with van der Waals surface area (Å²) < 4.78 is 0. The number of rotatable bonds is 14. The molecule has 0 nitrogen and oxygen atoms in total. The van der Waals surface area contributed by atoms with E-state index in [1.807, 2.05) is 0 Å². The van der Waals surface area contributed by atoms with Crippen LogP contribution in [0.4, 0.5) is 0 Å².